The van der Waals surface area contributed by atoms with E-state index in [1.807, 2.05) is 75.0 Å². The highest BCUT2D eigenvalue weighted by Crippen LogP contribution is 2.51. The first-order valence-corrected chi connectivity index (χ1v) is 8.24. The van der Waals surface area contributed by atoms with Crippen molar-refractivity contribution in [2.45, 2.75) is 33.0 Å². The molecule has 0 radical (unpaired) electrons. The lowest BCUT2D eigenvalue weighted by Gasteiger charge is -2.23. The van der Waals surface area contributed by atoms with Crippen molar-refractivity contribution in [3.05, 3.63) is 71.2 Å². The summed E-state index contributed by atoms with van der Waals surface area (Å²) in [5.41, 5.74) is 6.15. The van der Waals surface area contributed by atoms with E-state index in [4.69, 9.17) is 9.10 Å². The number of hydrogen-bond donors (Lipinski definition) is 0. The summed E-state index contributed by atoms with van der Waals surface area (Å²) in [5, 5.41) is 0. The highest BCUT2D eigenvalue weighted by Gasteiger charge is 2.40. The number of pyridine rings is 2. The van der Waals surface area contributed by atoms with Crippen LogP contribution in [0.3, 0.4) is 0 Å². The average molecular weight is 318 g/mol. The molecule has 1 unspecified atom stereocenters. The Hall–Kier alpha value is -2.48. The van der Waals surface area contributed by atoms with Crippen LogP contribution in [0.15, 0.2) is 48.7 Å². The zero-order chi connectivity index (χ0) is 19.6. The van der Waals surface area contributed by atoms with Crippen molar-refractivity contribution in [3.63, 3.8) is 0 Å². The van der Waals surface area contributed by atoms with Crippen LogP contribution in [-0.2, 0) is 12.5 Å². The van der Waals surface area contributed by atoms with Crippen LogP contribution >= 0.6 is 0 Å². The maximum atomic E-state index is 8.43. The molecular formula is C22H23N2+. The number of aromatic nitrogens is 2. The van der Waals surface area contributed by atoms with E-state index < -0.39 is 12.3 Å². The van der Waals surface area contributed by atoms with Gasteiger partial charge in [-0.2, -0.15) is 0 Å². The molecule has 2 heteroatoms. The second kappa shape index (κ2) is 5.01. The van der Waals surface area contributed by atoms with Gasteiger partial charge in [0.25, 0.3) is 0 Å². The molecular weight excluding hydrogens is 292 g/mol. The van der Waals surface area contributed by atoms with Gasteiger partial charge in [0.05, 0.1) is 11.3 Å². The minimum absolute atomic E-state index is 0.655. The van der Waals surface area contributed by atoms with E-state index in [1.165, 1.54) is 0 Å². The summed E-state index contributed by atoms with van der Waals surface area (Å²) in [7, 11) is 1.99. The summed E-state index contributed by atoms with van der Waals surface area (Å²) in [5.74, 6) is 0. The summed E-state index contributed by atoms with van der Waals surface area (Å²) >= 11 is 0. The summed E-state index contributed by atoms with van der Waals surface area (Å²) in [6.45, 7) is 3.56. The minimum atomic E-state index is -2.22. The highest BCUT2D eigenvalue weighted by molar-refractivity contribution is 5.87. The van der Waals surface area contributed by atoms with Crippen molar-refractivity contribution in [2.75, 3.05) is 0 Å². The Morgan fingerprint density at radius 1 is 1.04 bits per heavy atom. The fraction of sp³-hybridized carbons (Fsp3) is 0.273. The third kappa shape index (κ3) is 1.96. The number of nitrogens with zero attached hydrogens (tertiary/aromatic N) is 2. The number of rotatable bonds is 1. The Kier molecular flexibility index (Phi) is 2.50. The smallest absolute Gasteiger partial charge is 0.212 e. The maximum Gasteiger partial charge on any atom is 0.212 e. The lowest BCUT2D eigenvalue weighted by molar-refractivity contribution is -0.660. The molecule has 2 nitrogen and oxygen atoms in total. The van der Waals surface area contributed by atoms with E-state index in [9.17, 15) is 0 Å². The first kappa shape index (κ1) is 12.0. The predicted molar refractivity (Wildman–Crippen MR) is 97.9 cm³/mol. The Labute approximate surface area is 148 Å². The van der Waals surface area contributed by atoms with Crippen LogP contribution in [0.25, 0.3) is 22.4 Å². The summed E-state index contributed by atoms with van der Waals surface area (Å²) in [4.78, 5) is 4.71. The summed E-state index contributed by atoms with van der Waals surface area (Å²) < 4.78 is 27.3. The molecule has 0 aliphatic heterocycles. The third-order valence-electron chi connectivity index (χ3n) is 5.02. The highest BCUT2D eigenvalue weighted by atomic mass is 14.9. The van der Waals surface area contributed by atoms with Gasteiger partial charge in [-0.05, 0) is 42.7 Å². The molecule has 1 aliphatic carbocycles. The summed E-state index contributed by atoms with van der Waals surface area (Å²) in [6.07, 6.45) is 1.99. The predicted octanol–water partition coefficient (Wildman–Crippen LogP) is 4.50. The number of aryl methyl sites for hydroxylation is 3. The van der Waals surface area contributed by atoms with Crippen LogP contribution < -0.4 is 4.57 Å². The van der Waals surface area contributed by atoms with Gasteiger partial charge in [-0.1, -0.05) is 32.0 Å². The first-order valence-electron chi connectivity index (χ1n) is 9.74. The van der Waals surface area contributed by atoms with Gasteiger partial charge in [0, 0.05) is 32.9 Å². The van der Waals surface area contributed by atoms with Crippen LogP contribution in [-0.4, -0.2) is 4.98 Å². The van der Waals surface area contributed by atoms with Crippen molar-refractivity contribution in [3.8, 4) is 22.4 Å². The van der Waals surface area contributed by atoms with Crippen LogP contribution in [0.2, 0.25) is 0 Å². The Bertz CT molecular complexity index is 1070. The van der Waals surface area contributed by atoms with E-state index in [2.05, 4.69) is 6.07 Å². The van der Waals surface area contributed by atoms with Crippen LogP contribution in [0.1, 0.15) is 40.4 Å². The number of benzene rings is 1. The molecule has 4 rings (SSSR count). The van der Waals surface area contributed by atoms with Gasteiger partial charge in [-0.3, -0.25) is 4.98 Å². The zero-order valence-corrected chi connectivity index (χ0v) is 14.5. The van der Waals surface area contributed by atoms with Crippen LogP contribution in [0, 0.1) is 13.8 Å². The number of hydrogen-bond acceptors (Lipinski definition) is 1. The van der Waals surface area contributed by atoms with E-state index >= 15 is 0 Å². The van der Waals surface area contributed by atoms with E-state index in [0.29, 0.717) is 5.69 Å². The molecule has 0 saturated carbocycles. The molecule has 2 aromatic heterocycles. The number of fused-ring (bicyclic) bond motifs is 3. The summed E-state index contributed by atoms with van der Waals surface area (Å²) in [6, 6.07) is 14.1. The van der Waals surface area contributed by atoms with Gasteiger partial charge in [0.2, 0.25) is 5.69 Å². The van der Waals surface area contributed by atoms with Crippen molar-refractivity contribution >= 4 is 0 Å². The van der Waals surface area contributed by atoms with E-state index in [0.717, 1.165) is 39.2 Å². The minimum Gasteiger partial charge on any atom is -0.257 e. The van der Waals surface area contributed by atoms with Gasteiger partial charge in [0.15, 0.2) is 6.20 Å². The molecule has 1 aliphatic rings. The first-order chi connectivity index (χ1) is 12.7. The lowest BCUT2D eigenvalue weighted by atomic mass is 9.80. The SMILES string of the molecule is [2H]C([2H])([2H])C1(C)c2nc(C)ccc2-c2ccc(C)c(-c3cccc[n+]3C)c21. The van der Waals surface area contributed by atoms with Crippen LogP contribution in [0.5, 0.6) is 0 Å². The monoisotopic (exact) mass is 318 g/mol. The largest absolute Gasteiger partial charge is 0.257 e. The van der Waals surface area contributed by atoms with Gasteiger partial charge in [-0.15, -0.1) is 0 Å². The maximum absolute atomic E-state index is 8.43. The van der Waals surface area contributed by atoms with Gasteiger partial charge in [0.1, 0.15) is 7.05 Å². The normalized spacial score (nSPS) is 20.8. The van der Waals surface area contributed by atoms with E-state index in [-0.39, 0.29) is 0 Å². The molecule has 0 amide bonds. The Morgan fingerprint density at radius 3 is 2.58 bits per heavy atom. The molecule has 3 aromatic rings. The second-order valence-electron chi connectivity index (χ2n) is 6.85. The fourth-order valence-electron chi connectivity index (χ4n) is 3.84. The Morgan fingerprint density at radius 2 is 1.83 bits per heavy atom. The van der Waals surface area contributed by atoms with Crippen molar-refractivity contribution in [1.29, 1.82) is 0 Å². The quantitative estimate of drug-likeness (QED) is 0.604. The fourth-order valence-corrected chi connectivity index (χ4v) is 3.84. The molecule has 0 bridgehead atoms. The molecule has 1 atom stereocenters. The molecule has 0 fully saturated rings. The molecule has 1 aromatic carbocycles. The van der Waals surface area contributed by atoms with Gasteiger partial charge in [-0.25, -0.2) is 4.57 Å². The topological polar surface area (TPSA) is 16.8 Å². The molecule has 120 valence electrons. The van der Waals surface area contributed by atoms with Crippen LogP contribution in [0.4, 0.5) is 0 Å². The standard InChI is InChI=1S/C22H23N2/c1-14-9-11-16-17-12-10-15(2)23-21(17)22(3,4)20(16)19(14)18-8-6-7-13-24(18)5/h6-13H,1-5H3/q+1/i3D3. The van der Waals surface area contributed by atoms with Crippen molar-refractivity contribution in [1.82, 2.24) is 4.98 Å². The zero-order valence-electron chi connectivity index (χ0n) is 17.5. The van der Waals surface area contributed by atoms with Crippen molar-refractivity contribution < 1.29 is 8.68 Å². The van der Waals surface area contributed by atoms with Gasteiger partial charge >= 0.3 is 0 Å². The lowest BCUT2D eigenvalue weighted by Crippen LogP contribution is -2.31. The molecule has 0 N–H and O–H groups in total. The average Bonchev–Trinajstić information content (AvgIpc) is 2.86. The third-order valence-corrected chi connectivity index (χ3v) is 5.02. The molecule has 2 heterocycles. The van der Waals surface area contributed by atoms with E-state index in [1.54, 1.807) is 0 Å². The molecule has 0 saturated heterocycles. The Balaban J connectivity index is 2.18. The van der Waals surface area contributed by atoms with Gasteiger partial charge < -0.3 is 0 Å². The molecule has 24 heavy (non-hydrogen) atoms. The van der Waals surface area contributed by atoms with Crippen molar-refractivity contribution in [2.24, 2.45) is 7.05 Å². The second-order valence-corrected chi connectivity index (χ2v) is 6.85. The molecule has 0 spiro atoms.